The van der Waals surface area contributed by atoms with Crippen LogP contribution in [0.3, 0.4) is 0 Å². The fourth-order valence-electron chi connectivity index (χ4n) is 3.92. The maximum Gasteiger partial charge on any atom is 0.257 e. The molecule has 10 heteroatoms. The molecule has 3 aromatic carbocycles. The summed E-state index contributed by atoms with van der Waals surface area (Å²) in [6.45, 7) is 0.167. The average molecular weight is 605 g/mol. The number of aldehydes is 1. The highest BCUT2D eigenvalue weighted by atomic mass is 79.9. The molecule has 4 rings (SSSR count). The van der Waals surface area contributed by atoms with Crippen LogP contribution in [-0.4, -0.2) is 22.5 Å². The van der Waals surface area contributed by atoms with Crippen LogP contribution in [0, 0.1) is 11.2 Å². The molecule has 3 atom stereocenters. The molecule has 1 amide bonds. The van der Waals surface area contributed by atoms with Crippen LogP contribution in [-0.2, 0) is 4.79 Å². The van der Waals surface area contributed by atoms with Crippen molar-refractivity contribution in [3.05, 3.63) is 92.7 Å². The van der Waals surface area contributed by atoms with E-state index < -0.39 is 26.8 Å². The molecule has 0 heterocycles. The number of hydrogen-bond acceptors (Lipinski definition) is 3. The van der Waals surface area contributed by atoms with Crippen LogP contribution >= 0.6 is 62.3 Å². The van der Waals surface area contributed by atoms with Gasteiger partial charge in [0.1, 0.15) is 15.9 Å². The summed E-state index contributed by atoms with van der Waals surface area (Å²) in [5.74, 6) is -1.27. The van der Waals surface area contributed by atoms with Crippen LogP contribution in [0.5, 0.6) is 0 Å². The zero-order chi connectivity index (χ0) is 24.7. The maximum atomic E-state index is 13.1. The van der Waals surface area contributed by atoms with Gasteiger partial charge in [0.05, 0.1) is 16.0 Å². The van der Waals surface area contributed by atoms with Crippen molar-refractivity contribution in [1.29, 1.82) is 0 Å². The molecule has 0 bridgehead atoms. The molecule has 0 radical (unpaired) electrons. The van der Waals surface area contributed by atoms with Gasteiger partial charge in [-0.1, -0.05) is 50.7 Å². The Hall–Kier alpha value is -1.83. The number of benzene rings is 3. The summed E-state index contributed by atoms with van der Waals surface area (Å²) in [5.41, 5.74) is 0.922. The highest BCUT2D eigenvalue weighted by Crippen LogP contribution is 2.74. The fourth-order valence-corrected chi connectivity index (χ4v) is 6.18. The fraction of sp³-hybridized carbons (Fsp3) is 0.167. The summed E-state index contributed by atoms with van der Waals surface area (Å²) >= 11 is 28.7. The second kappa shape index (κ2) is 9.67. The Bertz CT molecular complexity index is 1250. The molecule has 0 aliphatic heterocycles. The minimum absolute atomic E-state index is 0.167. The van der Waals surface area contributed by atoms with E-state index >= 15 is 0 Å². The number of halogens is 6. The van der Waals surface area contributed by atoms with Gasteiger partial charge >= 0.3 is 0 Å². The lowest BCUT2D eigenvalue weighted by Gasteiger charge is -2.15. The first-order valence-corrected chi connectivity index (χ1v) is 12.3. The summed E-state index contributed by atoms with van der Waals surface area (Å²) in [5, 5.41) is 6.97. The predicted molar refractivity (Wildman–Crippen MR) is 140 cm³/mol. The van der Waals surface area contributed by atoms with Gasteiger partial charge in [-0.25, -0.2) is 4.39 Å². The van der Waals surface area contributed by atoms with Gasteiger partial charge in [-0.2, -0.15) is 0 Å². The molecule has 0 spiro atoms. The molecule has 1 aliphatic rings. The number of carbonyl (C=O) groups excluding carboxylic acids is 2. The minimum Gasteiger partial charge on any atom is -0.384 e. The molecule has 0 saturated heterocycles. The summed E-state index contributed by atoms with van der Waals surface area (Å²) in [6, 6.07) is 15.3. The molecule has 1 saturated carbocycles. The van der Waals surface area contributed by atoms with E-state index in [4.69, 9.17) is 46.4 Å². The Balaban J connectivity index is 1.53. The van der Waals surface area contributed by atoms with Gasteiger partial charge in [0, 0.05) is 33.9 Å². The Morgan fingerprint density at radius 3 is 2.24 bits per heavy atom. The van der Waals surface area contributed by atoms with Crippen molar-refractivity contribution in [2.75, 3.05) is 17.2 Å². The van der Waals surface area contributed by atoms with Crippen LogP contribution in [0.4, 0.5) is 15.8 Å². The van der Waals surface area contributed by atoms with Crippen LogP contribution in [0.2, 0.25) is 15.1 Å². The molecule has 34 heavy (non-hydrogen) atoms. The van der Waals surface area contributed by atoms with Crippen molar-refractivity contribution >= 4 is 85.9 Å². The van der Waals surface area contributed by atoms with Crippen molar-refractivity contribution in [2.24, 2.45) is 5.41 Å². The smallest absolute Gasteiger partial charge is 0.257 e. The second-order valence-corrected chi connectivity index (χ2v) is 11.5. The van der Waals surface area contributed by atoms with Crippen LogP contribution in [0.1, 0.15) is 21.8 Å². The first-order valence-electron chi connectivity index (χ1n) is 9.98. The second-order valence-electron chi connectivity index (χ2n) is 7.93. The molecular weight excluding hydrogens is 589 g/mol. The van der Waals surface area contributed by atoms with Crippen molar-refractivity contribution in [2.45, 2.75) is 9.70 Å². The Labute approximate surface area is 223 Å². The van der Waals surface area contributed by atoms with E-state index in [-0.39, 0.29) is 17.1 Å². The Kier molecular flexibility index (Phi) is 7.19. The third-order valence-corrected chi connectivity index (χ3v) is 8.27. The zero-order valence-corrected chi connectivity index (χ0v) is 21.8. The first-order chi connectivity index (χ1) is 16.1. The topological polar surface area (TPSA) is 58.2 Å². The highest BCUT2D eigenvalue weighted by Gasteiger charge is 2.76. The molecular formula is C24H16BrCl4FN2O2. The van der Waals surface area contributed by atoms with Crippen molar-refractivity contribution < 1.29 is 14.0 Å². The average Bonchev–Trinajstić information content (AvgIpc) is 3.28. The SMILES string of the molecule is O=CC1(CNc2ccc(Cl)c(C(=O)Nc3ccc(F)cc3)c2)C(c2cc(Cl)cc(Cl)c2)C1(Cl)Br. The van der Waals surface area contributed by atoms with E-state index in [9.17, 15) is 14.0 Å². The lowest BCUT2D eigenvalue weighted by atomic mass is 10.00. The zero-order valence-electron chi connectivity index (χ0n) is 17.2. The molecule has 176 valence electrons. The van der Waals surface area contributed by atoms with Gasteiger partial charge in [0.2, 0.25) is 0 Å². The van der Waals surface area contributed by atoms with E-state index in [1.807, 2.05) is 0 Å². The van der Waals surface area contributed by atoms with Crippen molar-refractivity contribution in [3.8, 4) is 0 Å². The van der Waals surface area contributed by atoms with E-state index in [0.717, 1.165) is 11.8 Å². The third kappa shape index (κ3) is 4.79. The highest BCUT2D eigenvalue weighted by molar-refractivity contribution is 9.10. The quantitative estimate of drug-likeness (QED) is 0.214. The van der Waals surface area contributed by atoms with Crippen molar-refractivity contribution in [1.82, 2.24) is 0 Å². The normalized spacial score (nSPS) is 23.3. The van der Waals surface area contributed by atoms with Crippen LogP contribution < -0.4 is 10.6 Å². The molecule has 1 fully saturated rings. The van der Waals surface area contributed by atoms with Gasteiger partial charge in [-0.05, 0) is 66.2 Å². The number of rotatable bonds is 7. The summed E-state index contributed by atoms with van der Waals surface area (Å²) in [4.78, 5) is 24.9. The summed E-state index contributed by atoms with van der Waals surface area (Å²) in [6.07, 6.45) is 0.805. The van der Waals surface area contributed by atoms with Gasteiger partial charge in [0.15, 0.2) is 0 Å². The first kappa shape index (κ1) is 25.3. The van der Waals surface area contributed by atoms with Gasteiger partial charge in [0.25, 0.3) is 5.91 Å². The lowest BCUT2D eigenvalue weighted by Crippen LogP contribution is -2.23. The van der Waals surface area contributed by atoms with Crippen LogP contribution in [0.15, 0.2) is 60.7 Å². The number of hydrogen-bond donors (Lipinski definition) is 2. The molecule has 3 aromatic rings. The summed E-state index contributed by atoms with van der Waals surface area (Å²) in [7, 11) is 0. The van der Waals surface area contributed by atoms with Gasteiger partial charge < -0.3 is 15.4 Å². The predicted octanol–water partition coefficient (Wildman–Crippen LogP) is 7.76. The molecule has 0 aromatic heterocycles. The Morgan fingerprint density at radius 2 is 1.62 bits per heavy atom. The van der Waals surface area contributed by atoms with E-state index in [2.05, 4.69) is 26.6 Å². The minimum atomic E-state index is -1.04. The largest absolute Gasteiger partial charge is 0.384 e. The number of amides is 1. The van der Waals surface area contributed by atoms with Gasteiger partial charge in [-0.3, -0.25) is 4.79 Å². The van der Waals surface area contributed by atoms with Gasteiger partial charge in [-0.15, -0.1) is 11.6 Å². The summed E-state index contributed by atoms with van der Waals surface area (Å²) < 4.78 is 12.1. The maximum absolute atomic E-state index is 13.1. The molecule has 4 nitrogen and oxygen atoms in total. The Morgan fingerprint density at radius 1 is 1.00 bits per heavy atom. The van der Waals surface area contributed by atoms with E-state index in [0.29, 0.717) is 21.4 Å². The van der Waals surface area contributed by atoms with Crippen LogP contribution in [0.25, 0.3) is 0 Å². The van der Waals surface area contributed by atoms with E-state index in [1.54, 1.807) is 36.4 Å². The van der Waals surface area contributed by atoms with E-state index in [1.165, 1.54) is 24.3 Å². The standard InChI is InChI=1S/C24H16BrCl4FN2O2/c25-24(29)21(13-7-14(26)9-15(27)8-13)23(24,12-33)11-31-18-5-6-20(28)19(10-18)22(34)32-17-3-1-16(30)2-4-17/h1-10,12,21,31H,11H2,(H,32,34). The third-order valence-electron chi connectivity index (χ3n) is 5.74. The number of anilines is 2. The molecule has 2 N–H and O–H groups in total. The molecule has 1 aliphatic carbocycles. The molecule has 3 unspecified atom stereocenters. The number of carbonyl (C=O) groups is 2. The lowest BCUT2D eigenvalue weighted by molar-refractivity contribution is -0.111. The number of nitrogens with one attached hydrogen (secondary N) is 2. The van der Waals surface area contributed by atoms with Crippen molar-refractivity contribution in [3.63, 3.8) is 0 Å². The monoisotopic (exact) mass is 602 g/mol. The number of alkyl halides is 2.